The van der Waals surface area contributed by atoms with Gasteiger partial charge in [0.05, 0.1) is 53.3 Å². The van der Waals surface area contributed by atoms with Gasteiger partial charge in [-0.2, -0.15) is 0 Å². The lowest BCUT2D eigenvalue weighted by molar-refractivity contribution is 0.0927. The number of anilines is 1. The van der Waals surface area contributed by atoms with Crippen LogP contribution >= 0.6 is 11.3 Å². The van der Waals surface area contributed by atoms with Crippen LogP contribution in [0.1, 0.15) is 13.3 Å². The maximum Gasteiger partial charge on any atom is 0.159 e. The SMILES string of the molecule is CCC1COCCN1c1nccc2c1nc(-c1cnc(-c3ccc4scnc4c3)[nH]1)n2CCOC. The number of methoxy groups -OCH3 is 1. The van der Waals surface area contributed by atoms with Crippen LogP contribution in [0.5, 0.6) is 0 Å². The van der Waals surface area contributed by atoms with Crippen LogP contribution in [0, 0.1) is 0 Å². The Bertz CT molecular complexity index is 1470. The van der Waals surface area contributed by atoms with E-state index >= 15 is 0 Å². The van der Waals surface area contributed by atoms with E-state index in [1.807, 2.05) is 24.0 Å². The number of imidazole rings is 2. The van der Waals surface area contributed by atoms with E-state index in [-0.39, 0.29) is 6.04 Å². The minimum Gasteiger partial charge on any atom is -0.383 e. The molecule has 1 aliphatic rings. The Kier molecular flexibility index (Phi) is 5.93. The van der Waals surface area contributed by atoms with Gasteiger partial charge in [0, 0.05) is 32.0 Å². The van der Waals surface area contributed by atoms with Gasteiger partial charge in [-0.15, -0.1) is 11.3 Å². The highest BCUT2D eigenvalue weighted by Crippen LogP contribution is 2.32. The van der Waals surface area contributed by atoms with Gasteiger partial charge in [0.2, 0.25) is 0 Å². The molecule has 0 amide bonds. The number of thiazole rings is 1. The fourth-order valence-electron chi connectivity index (χ4n) is 4.72. The van der Waals surface area contributed by atoms with Crippen molar-refractivity contribution in [3.8, 4) is 22.9 Å². The molecular formula is C25H27N7O2S. The number of H-pyrrole nitrogens is 1. The third-order valence-corrected chi connectivity index (χ3v) is 7.37. The van der Waals surface area contributed by atoms with Crippen LogP contribution in [0.3, 0.4) is 0 Å². The van der Waals surface area contributed by atoms with E-state index in [9.17, 15) is 0 Å². The van der Waals surface area contributed by atoms with E-state index in [0.29, 0.717) is 26.4 Å². The molecule has 5 heterocycles. The molecule has 0 radical (unpaired) electrons. The molecule has 1 N–H and O–H groups in total. The summed E-state index contributed by atoms with van der Waals surface area (Å²) in [5.74, 6) is 2.52. The van der Waals surface area contributed by atoms with Gasteiger partial charge in [0.15, 0.2) is 11.6 Å². The molecule has 1 saturated heterocycles. The third kappa shape index (κ3) is 3.97. The monoisotopic (exact) mass is 489 g/mol. The van der Waals surface area contributed by atoms with Crippen LogP contribution < -0.4 is 4.90 Å². The van der Waals surface area contributed by atoms with Crippen LogP contribution in [0.15, 0.2) is 42.2 Å². The summed E-state index contributed by atoms with van der Waals surface area (Å²) in [5.41, 5.74) is 6.61. The molecule has 35 heavy (non-hydrogen) atoms. The van der Waals surface area contributed by atoms with Crippen LogP contribution in [-0.4, -0.2) is 69.0 Å². The zero-order chi connectivity index (χ0) is 23.8. The number of nitrogens with zero attached hydrogens (tertiary/aromatic N) is 6. The molecule has 180 valence electrons. The molecule has 1 aliphatic heterocycles. The van der Waals surface area contributed by atoms with Crippen molar-refractivity contribution in [2.24, 2.45) is 0 Å². The molecule has 4 aromatic heterocycles. The summed E-state index contributed by atoms with van der Waals surface area (Å²) in [6.45, 7) is 5.64. The Morgan fingerprint density at radius 3 is 3.06 bits per heavy atom. The number of hydrogen-bond acceptors (Lipinski definition) is 8. The highest BCUT2D eigenvalue weighted by molar-refractivity contribution is 7.16. The molecule has 1 unspecified atom stereocenters. The van der Waals surface area contributed by atoms with Crippen molar-refractivity contribution in [1.82, 2.24) is 29.5 Å². The first-order valence-electron chi connectivity index (χ1n) is 11.8. The number of morpholine rings is 1. The number of benzene rings is 1. The smallest absolute Gasteiger partial charge is 0.159 e. The van der Waals surface area contributed by atoms with Gasteiger partial charge in [-0.1, -0.05) is 6.92 Å². The topological polar surface area (TPSA) is 94.0 Å². The third-order valence-electron chi connectivity index (χ3n) is 6.56. The minimum atomic E-state index is 0.286. The predicted molar refractivity (Wildman–Crippen MR) is 138 cm³/mol. The first kappa shape index (κ1) is 22.1. The van der Waals surface area contributed by atoms with E-state index in [1.54, 1.807) is 18.4 Å². The standard InChI is InChI=1S/C25H27N7O2S/c1-3-17-14-34-11-9-31(17)25-22-20(6-7-26-25)32(8-10-33-2)24(30-22)19-13-27-23(29-19)16-4-5-21-18(12-16)28-15-35-21/h4-7,12-13,15,17H,3,8-11,14H2,1-2H3,(H,27,29). The van der Waals surface area contributed by atoms with Gasteiger partial charge in [0.25, 0.3) is 0 Å². The van der Waals surface area contributed by atoms with Gasteiger partial charge in [-0.05, 0) is 30.7 Å². The number of rotatable bonds is 7. The Balaban J connectivity index is 1.45. The van der Waals surface area contributed by atoms with Crippen molar-refractivity contribution in [1.29, 1.82) is 0 Å². The lowest BCUT2D eigenvalue weighted by Crippen LogP contribution is -2.45. The molecule has 5 aromatic rings. The van der Waals surface area contributed by atoms with Crippen LogP contribution in [0.2, 0.25) is 0 Å². The van der Waals surface area contributed by atoms with E-state index in [2.05, 4.69) is 49.5 Å². The lowest BCUT2D eigenvalue weighted by atomic mass is 10.1. The Labute approximate surface area is 206 Å². The lowest BCUT2D eigenvalue weighted by Gasteiger charge is -2.36. The number of fused-ring (bicyclic) bond motifs is 2. The molecule has 0 aliphatic carbocycles. The van der Waals surface area contributed by atoms with Gasteiger partial charge in [0.1, 0.15) is 17.0 Å². The fourth-order valence-corrected chi connectivity index (χ4v) is 5.38. The van der Waals surface area contributed by atoms with Crippen molar-refractivity contribution in [2.75, 3.05) is 38.4 Å². The first-order valence-corrected chi connectivity index (χ1v) is 12.7. The summed E-state index contributed by atoms with van der Waals surface area (Å²) < 4.78 is 14.5. The van der Waals surface area contributed by atoms with Gasteiger partial charge < -0.3 is 23.9 Å². The van der Waals surface area contributed by atoms with Crippen LogP contribution in [0.4, 0.5) is 5.82 Å². The minimum absolute atomic E-state index is 0.286. The second-order valence-corrected chi connectivity index (χ2v) is 9.48. The Morgan fingerprint density at radius 2 is 2.17 bits per heavy atom. The molecule has 1 fully saturated rings. The molecule has 1 atom stereocenters. The molecule has 10 heteroatoms. The van der Waals surface area contributed by atoms with Crippen molar-refractivity contribution in [3.05, 3.63) is 42.2 Å². The van der Waals surface area contributed by atoms with Gasteiger partial charge in [-0.3, -0.25) is 0 Å². The molecular weight excluding hydrogens is 462 g/mol. The molecule has 0 saturated carbocycles. The fraction of sp³-hybridized carbons (Fsp3) is 0.360. The van der Waals surface area contributed by atoms with E-state index in [1.165, 1.54) is 0 Å². The predicted octanol–water partition coefficient (Wildman–Crippen LogP) is 4.36. The van der Waals surface area contributed by atoms with Crippen molar-refractivity contribution < 1.29 is 9.47 Å². The summed E-state index contributed by atoms with van der Waals surface area (Å²) in [6.07, 6.45) is 4.71. The second-order valence-electron chi connectivity index (χ2n) is 8.59. The van der Waals surface area contributed by atoms with Gasteiger partial charge in [-0.25, -0.2) is 19.9 Å². The Morgan fingerprint density at radius 1 is 1.23 bits per heavy atom. The van der Waals surface area contributed by atoms with Crippen molar-refractivity contribution >= 4 is 38.4 Å². The van der Waals surface area contributed by atoms with E-state index in [4.69, 9.17) is 19.4 Å². The average Bonchev–Trinajstić information content (AvgIpc) is 3.65. The molecule has 9 nitrogen and oxygen atoms in total. The zero-order valence-electron chi connectivity index (χ0n) is 19.8. The second kappa shape index (κ2) is 9.37. The number of aromatic amines is 1. The normalized spacial score (nSPS) is 16.5. The Hall–Kier alpha value is -3.34. The number of nitrogens with one attached hydrogen (secondary N) is 1. The largest absolute Gasteiger partial charge is 0.383 e. The number of hydrogen-bond donors (Lipinski definition) is 1. The maximum absolute atomic E-state index is 5.73. The summed E-state index contributed by atoms with van der Waals surface area (Å²) in [7, 11) is 1.72. The summed E-state index contributed by atoms with van der Waals surface area (Å²) in [5, 5.41) is 0. The molecule has 1 aromatic carbocycles. The summed E-state index contributed by atoms with van der Waals surface area (Å²) >= 11 is 1.64. The van der Waals surface area contributed by atoms with Crippen molar-refractivity contribution in [2.45, 2.75) is 25.9 Å². The van der Waals surface area contributed by atoms with Gasteiger partial charge >= 0.3 is 0 Å². The quantitative estimate of drug-likeness (QED) is 0.363. The highest BCUT2D eigenvalue weighted by Gasteiger charge is 2.27. The molecule has 0 spiro atoms. The summed E-state index contributed by atoms with van der Waals surface area (Å²) in [6, 6.07) is 8.53. The number of pyridine rings is 1. The first-order chi connectivity index (χ1) is 17.3. The van der Waals surface area contributed by atoms with Crippen molar-refractivity contribution in [3.63, 3.8) is 0 Å². The van der Waals surface area contributed by atoms with Crippen LogP contribution in [-0.2, 0) is 16.0 Å². The maximum atomic E-state index is 5.73. The average molecular weight is 490 g/mol. The number of ether oxygens (including phenoxy) is 2. The van der Waals surface area contributed by atoms with E-state index in [0.717, 1.165) is 62.9 Å². The van der Waals surface area contributed by atoms with Crippen LogP contribution in [0.25, 0.3) is 44.2 Å². The summed E-state index contributed by atoms with van der Waals surface area (Å²) in [4.78, 5) is 24.8. The zero-order valence-corrected chi connectivity index (χ0v) is 20.6. The molecule has 6 rings (SSSR count). The number of aromatic nitrogens is 6. The highest BCUT2D eigenvalue weighted by atomic mass is 32.1. The molecule has 0 bridgehead atoms. The van der Waals surface area contributed by atoms with E-state index < -0.39 is 0 Å².